The van der Waals surface area contributed by atoms with Crippen LogP contribution in [0.15, 0.2) is 36.4 Å². The van der Waals surface area contributed by atoms with Gasteiger partial charge in [-0.25, -0.2) is 9.18 Å². The number of ether oxygens (including phenoxy) is 1. The number of phenols is 2. The van der Waals surface area contributed by atoms with Gasteiger partial charge in [-0.1, -0.05) is 11.6 Å². The van der Waals surface area contributed by atoms with E-state index in [2.05, 4.69) is 5.32 Å². The van der Waals surface area contributed by atoms with Gasteiger partial charge in [0, 0.05) is 11.1 Å². The number of nitrogens with one attached hydrogen (secondary N) is 1. The van der Waals surface area contributed by atoms with E-state index in [0.29, 0.717) is 0 Å². The Kier molecular flexibility index (Phi) is 5.02. The molecule has 120 valence electrons. The first-order valence-corrected chi connectivity index (χ1v) is 6.68. The van der Waals surface area contributed by atoms with Crippen LogP contribution in [0.25, 0.3) is 0 Å². The molecule has 6 nitrogen and oxygen atoms in total. The van der Waals surface area contributed by atoms with E-state index in [0.717, 1.165) is 18.2 Å². The van der Waals surface area contributed by atoms with Crippen LogP contribution < -0.4 is 5.32 Å². The minimum atomic E-state index is -0.964. The molecule has 0 unspecified atom stereocenters. The Bertz CT molecular complexity index is 766. The van der Waals surface area contributed by atoms with Crippen LogP contribution in [0, 0.1) is 5.82 Å². The van der Waals surface area contributed by atoms with E-state index in [1.165, 1.54) is 18.2 Å². The number of esters is 1. The fraction of sp³-hybridized carbons (Fsp3) is 0.0667. The lowest BCUT2D eigenvalue weighted by Crippen LogP contribution is -2.21. The van der Waals surface area contributed by atoms with Crippen LogP contribution >= 0.6 is 11.6 Å². The second-order valence-electron chi connectivity index (χ2n) is 4.45. The van der Waals surface area contributed by atoms with Crippen molar-refractivity contribution >= 4 is 29.2 Å². The van der Waals surface area contributed by atoms with Crippen molar-refractivity contribution in [3.63, 3.8) is 0 Å². The topological polar surface area (TPSA) is 95.9 Å². The number of hydrogen-bond donors (Lipinski definition) is 3. The molecule has 0 atom stereocenters. The van der Waals surface area contributed by atoms with Crippen molar-refractivity contribution in [2.24, 2.45) is 0 Å². The zero-order valence-electron chi connectivity index (χ0n) is 11.5. The molecule has 0 radical (unpaired) electrons. The number of carbonyl (C=O) groups excluding carboxylic acids is 2. The van der Waals surface area contributed by atoms with Crippen LogP contribution in [-0.4, -0.2) is 28.7 Å². The number of benzene rings is 2. The van der Waals surface area contributed by atoms with Gasteiger partial charge in [0.25, 0.3) is 5.91 Å². The fourth-order valence-corrected chi connectivity index (χ4v) is 1.84. The van der Waals surface area contributed by atoms with E-state index >= 15 is 0 Å². The maximum Gasteiger partial charge on any atom is 0.342 e. The van der Waals surface area contributed by atoms with Crippen molar-refractivity contribution in [3.8, 4) is 11.5 Å². The molecule has 2 rings (SSSR count). The van der Waals surface area contributed by atoms with Crippen LogP contribution in [0.5, 0.6) is 11.5 Å². The van der Waals surface area contributed by atoms with Crippen LogP contribution in [0.2, 0.25) is 5.02 Å². The molecule has 0 heterocycles. The number of aromatic hydroxyl groups is 2. The van der Waals surface area contributed by atoms with Gasteiger partial charge in [-0.3, -0.25) is 4.79 Å². The molecule has 8 heteroatoms. The molecule has 0 saturated heterocycles. The zero-order valence-corrected chi connectivity index (χ0v) is 12.3. The smallest absolute Gasteiger partial charge is 0.342 e. The molecule has 0 aliphatic carbocycles. The number of rotatable bonds is 4. The van der Waals surface area contributed by atoms with E-state index in [1.54, 1.807) is 0 Å². The number of amides is 1. The molecule has 0 fully saturated rings. The Balaban J connectivity index is 1.94. The van der Waals surface area contributed by atoms with Gasteiger partial charge in [0.15, 0.2) is 6.61 Å². The summed E-state index contributed by atoms with van der Waals surface area (Å²) in [6.45, 7) is -0.679. The Morgan fingerprint density at radius 2 is 1.91 bits per heavy atom. The van der Waals surface area contributed by atoms with Crippen molar-refractivity contribution in [2.75, 3.05) is 11.9 Å². The summed E-state index contributed by atoms with van der Waals surface area (Å²) in [5.74, 6) is -3.17. The number of carbonyl (C=O) groups is 2. The maximum absolute atomic E-state index is 13.5. The Morgan fingerprint density at radius 3 is 2.57 bits per heavy atom. The maximum atomic E-state index is 13.5. The number of halogens is 2. The van der Waals surface area contributed by atoms with E-state index < -0.39 is 30.1 Å². The normalized spacial score (nSPS) is 10.2. The average Bonchev–Trinajstić information content (AvgIpc) is 2.48. The standard InChI is InChI=1S/C15H11ClFNO5/c16-8-1-4-12(11(17)5-8)18-14(21)7-23-15(22)10-3-2-9(19)6-13(10)20/h1-6,19-20H,7H2,(H,18,21). The minimum Gasteiger partial charge on any atom is -0.508 e. The minimum absolute atomic E-state index is 0.108. The molecule has 2 aromatic carbocycles. The summed E-state index contributed by atoms with van der Waals surface area (Å²) in [7, 11) is 0. The molecule has 0 aromatic heterocycles. The van der Waals surface area contributed by atoms with E-state index in [4.69, 9.17) is 21.4 Å². The Labute approximate surface area is 135 Å². The molecule has 0 aliphatic heterocycles. The summed E-state index contributed by atoms with van der Waals surface area (Å²) in [6.07, 6.45) is 0. The Hall–Kier alpha value is -2.80. The zero-order chi connectivity index (χ0) is 17.0. The summed E-state index contributed by atoms with van der Waals surface area (Å²) in [4.78, 5) is 23.3. The first-order chi connectivity index (χ1) is 10.9. The molecule has 1 amide bonds. The van der Waals surface area contributed by atoms with Gasteiger partial charge < -0.3 is 20.3 Å². The van der Waals surface area contributed by atoms with E-state index in [1.807, 2.05) is 0 Å². The quantitative estimate of drug-likeness (QED) is 0.744. The predicted octanol–water partition coefficient (Wildman–Crippen LogP) is 2.69. The van der Waals surface area contributed by atoms with Gasteiger partial charge in [0.1, 0.15) is 22.9 Å². The van der Waals surface area contributed by atoms with Crippen molar-refractivity contribution in [1.29, 1.82) is 0 Å². The third-order valence-corrected chi connectivity index (χ3v) is 2.98. The first-order valence-electron chi connectivity index (χ1n) is 6.31. The third-order valence-electron chi connectivity index (χ3n) is 2.74. The summed E-state index contributed by atoms with van der Waals surface area (Å²) in [5, 5.41) is 21.0. The summed E-state index contributed by atoms with van der Waals surface area (Å²) < 4.78 is 18.2. The monoisotopic (exact) mass is 339 g/mol. The van der Waals surface area contributed by atoms with Crippen LogP contribution in [-0.2, 0) is 9.53 Å². The third kappa shape index (κ3) is 4.33. The second-order valence-corrected chi connectivity index (χ2v) is 4.89. The first kappa shape index (κ1) is 16.6. The lowest BCUT2D eigenvalue weighted by molar-refractivity contribution is -0.119. The second kappa shape index (κ2) is 6.97. The molecule has 2 aromatic rings. The highest BCUT2D eigenvalue weighted by Crippen LogP contribution is 2.23. The van der Waals surface area contributed by atoms with E-state index in [-0.39, 0.29) is 22.0 Å². The van der Waals surface area contributed by atoms with Crippen molar-refractivity contribution < 1.29 is 28.9 Å². The van der Waals surface area contributed by atoms with Gasteiger partial charge in [0.2, 0.25) is 0 Å². The summed E-state index contributed by atoms with van der Waals surface area (Å²) in [5.41, 5.74) is -0.323. The van der Waals surface area contributed by atoms with Crippen LogP contribution in [0.1, 0.15) is 10.4 Å². The molecular weight excluding hydrogens is 329 g/mol. The molecule has 0 saturated carbocycles. The van der Waals surface area contributed by atoms with Gasteiger partial charge in [0.05, 0.1) is 5.69 Å². The summed E-state index contributed by atoms with van der Waals surface area (Å²) in [6, 6.07) is 6.96. The van der Waals surface area contributed by atoms with Gasteiger partial charge in [-0.15, -0.1) is 0 Å². The number of hydrogen-bond acceptors (Lipinski definition) is 5. The number of anilines is 1. The lowest BCUT2D eigenvalue weighted by atomic mass is 10.2. The van der Waals surface area contributed by atoms with Crippen molar-refractivity contribution in [1.82, 2.24) is 0 Å². The lowest BCUT2D eigenvalue weighted by Gasteiger charge is -2.08. The summed E-state index contributed by atoms with van der Waals surface area (Å²) >= 11 is 5.59. The molecule has 23 heavy (non-hydrogen) atoms. The predicted molar refractivity (Wildman–Crippen MR) is 80.1 cm³/mol. The highest BCUT2D eigenvalue weighted by Gasteiger charge is 2.15. The SMILES string of the molecule is O=C(COC(=O)c1ccc(O)cc1O)Nc1ccc(Cl)cc1F. The largest absolute Gasteiger partial charge is 0.508 e. The van der Waals surface area contributed by atoms with Crippen LogP contribution in [0.4, 0.5) is 10.1 Å². The number of phenolic OH excluding ortho intramolecular Hbond substituents is 2. The fourth-order valence-electron chi connectivity index (χ4n) is 1.68. The Morgan fingerprint density at radius 1 is 1.17 bits per heavy atom. The molecule has 0 spiro atoms. The molecule has 0 bridgehead atoms. The molecule has 3 N–H and O–H groups in total. The highest BCUT2D eigenvalue weighted by molar-refractivity contribution is 6.30. The van der Waals surface area contributed by atoms with Crippen LogP contribution in [0.3, 0.4) is 0 Å². The van der Waals surface area contributed by atoms with Crippen molar-refractivity contribution in [3.05, 3.63) is 52.8 Å². The highest BCUT2D eigenvalue weighted by atomic mass is 35.5. The van der Waals surface area contributed by atoms with E-state index in [9.17, 15) is 19.1 Å². The molecular formula is C15H11ClFNO5. The molecule has 0 aliphatic rings. The van der Waals surface area contributed by atoms with Gasteiger partial charge in [-0.05, 0) is 30.3 Å². The van der Waals surface area contributed by atoms with Crippen molar-refractivity contribution in [2.45, 2.75) is 0 Å². The van der Waals surface area contributed by atoms with Gasteiger partial charge >= 0.3 is 5.97 Å². The van der Waals surface area contributed by atoms with Gasteiger partial charge in [-0.2, -0.15) is 0 Å². The average molecular weight is 340 g/mol.